The molecule has 0 saturated carbocycles. The summed E-state index contributed by atoms with van der Waals surface area (Å²) >= 11 is 0. The Kier molecular flexibility index (Phi) is 4.12. The van der Waals surface area contributed by atoms with E-state index in [1.165, 1.54) is 0 Å². The van der Waals surface area contributed by atoms with Gasteiger partial charge in [-0.25, -0.2) is 0 Å². The maximum Gasteiger partial charge on any atom is 0.404 e. The zero-order valence-corrected chi connectivity index (χ0v) is 9.47. The number of methoxy groups -OCH3 is 1. The summed E-state index contributed by atoms with van der Waals surface area (Å²) in [7, 11) is 1.15. The molecule has 0 spiro atoms. The Morgan fingerprint density at radius 1 is 1.11 bits per heavy atom. The fourth-order valence-electron chi connectivity index (χ4n) is 1.59. The molecular weight excluding hydrogens is 278 g/mol. The zero-order valence-electron chi connectivity index (χ0n) is 9.47. The van der Waals surface area contributed by atoms with Crippen molar-refractivity contribution in [1.29, 1.82) is 0 Å². The predicted octanol–water partition coefficient (Wildman–Crippen LogP) is 3.72. The first-order valence-corrected chi connectivity index (χ1v) is 4.87. The average molecular weight is 286 g/mol. The molecule has 0 aromatic heterocycles. The van der Waals surface area contributed by atoms with E-state index >= 15 is 0 Å². The van der Waals surface area contributed by atoms with Crippen LogP contribution >= 0.6 is 0 Å². The van der Waals surface area contributed by atoms with E-state index in [1.54, 1.807) is 0 Å². The Hall–Kier alpha value is -1.73. The van der Waals surface area contributed by atoms with Crippen LogP contribution in [0.4, 0.5) is 26.3 Å². The van der Waals surface area contributed by atoms with E-state index in [1.807, 2.05) is 0 Å². The molecule has 0 fully saturated rings. The molecule has 0 saturated heterocycles. The van der Waals surface area contributed by atoms with Gasteiger partial charge in [-0.3, -0.25) is 4.79 Å². The van der Waals surface area contributed by atoms with E-state index in [-0.39, 0.29) is 17.6 Å². The number of carbonyl (C=O) groups excluding carboxylic acids is 1. The molecule has 0 amide bonds. The van der Waals surface area contributed by atoms with Gasteiger partial charge < -0.3 is 4.74 Å². The maximum absolute atomic E-state index is 12.5. The topological polar surface area (TPSA) is 26.3 Å². The molecule has 106 valence electrons. The Morgan fingerprint density at radius 3 is 2.00 bits per heavy atom. The van der Waals surface area contributed by atoms with E-state index in [9.17, 15) is 31.1 Å². The highest BCUT2D eigenvalue weighted by molar-refractivity contribution is 5.79. The Bertz CT molecular complexity index is 449. The maximum atomic E-state index is 12.5. The van der Waals surface area contributed by atoms with Crippen molar-refractivity contribution >= 4 is 6.29 Å². The molecule has 0 heterocycles. The molecule has 8 heteroatoms. The predicted molar refractivity (Wildman–Crippen MR) is 53.2 cm³/mol. The first kappa shape index (κ1) is 15.3. The zero-order chi connectivity index (χ0) is 14.8. The van der Waals surface area contributed by atoms with Crippen LogP contribution in [0.3, 0.4) is 0 Å². The Morgan fingerprint density at radius 2 is 1.63 bits per heavy atom. The number of carbonyl (C=O) groups is 1. The molecule has 0 unspecified atom stereocenters. The number of alkyl halides is 6. The minimum Gasteiger partial charge on any atom is -0.496 e. The molecule has 0 aliphatic rings. The van der Waals surface area contributed by atoms with Gasteiger partial charge in [-0.1, -0.05) is 6.07 Å². The SMILES string of the molecule is COc1ccc(C(C(F)(F)F)C(F)(F)F)cc1C=O. The van der Waals surface area contributed by atoms with Crippen LogP contribution in [-0.4, -0.2) is 25.7 Å². The highest BCUT2D eigenvalue weighted by atomic mass is 19.4. The second-order valence-electron chi connectivity index (χ2n) is 3.64. The lowest BCUT2D eigenvalue weighted by molar-refractivity contribution is -0.253. The van der Waals surface area contributed by atoms with Crippen LogP contribution < -0.4 is 4.74 Å². The van der Waals surface area contributed by atoms with Gasteiger partial charge in [0.05, 0.1) is 12.7 Å². The van der Waals surface area contributed by atoms with Crippen LogP contribution in [0.25, 0.3) is 0 Å². The van der Waals surface area contributed by atoms with Gasteiger partial charge >= 0.3 is 12.4 Å². The second kappa shape index (κ2) is 5.10. The monoisotopic (exact) mass is 286 g/mol. The third-order valence-electron chi connectivity index (χ3n) is 2.37. The third kappa shape index (κ3) is 3.39. The van der Waals surface area contributed by atoms with Gasteiger partial charge in [0.2, 0.25) is 0 Å². The van der Waals surface area contributed by atoms with Crippen LogP contribution in [0.5, 0.6) is 5.75 Å². The molecule has 0 aliphatic heterocycles. The van der Waals surface area contributed by atoms with Crippen LogP contribution in [0, 0.1) is 0 Å². The Balaban J connectivity index is 3.36. The quantitative estimate of drug-likeness (QED) is 0.625. The van der Waals surface area contributed by atoms with Crippen LogP contribution in [0.15, 0.2) is 18.2 Å². The number of aldehydes is 1. The minimum absolute atomic E-state index is 0.0955. The van der Waals surface area contributed by atoms with Gasteiger partial charge in [0, 0.05) is 0 Å². The molecule has 1 aromatic carbocycles. The molecular formula is C11H8F6O2. The van der Waals surface area contributed by atoms with E-state index in [0.29, 0.717) is 12.1 Å². The van der Waals surface area contributed by atoms with Crippen molar-refractivity contribution in [2.75, 3.05) is 7.11 Å². The van der Waals surface area contributed by atoms with Crippen LogP contribution in [-0.2, 0) is 0 Å². The van der Waals surface area contributed by atoms with Crippen molar-refractivity contribution in [3.05, 3.63) is 29.3 Å². The summed E-state index contributed by atoms with van der Waals surface area (Å²) in [6.45, 7) is 0. The number of rotatable bonds is 3. The highest BCUT2D eigenvalue weighted by Crippen LogP contribution is 2.46. The molecule has 19 heavy (non-hydrogen) atoms. The van der Waals surface area contributed by atoms with Gasteiger partial charge in [0.15, 0.2) is 12.2 Å². The minimum atomic E-state index is -5.49. The van der Waals surface area contributed by atoms with Crippen LogP contribution in [0.1, 0.15) is 21.8 Å². The molecule has 0 radical (unpaired) electrons. The fraction of sp³-hybridized carbons (Fsp3) is 0.364. The molecule has 1 rings (SSSR count). The summed E-state index contributed by atoms with van der Waals surface area (Å²) < 4.78 is 79.5. The second-order valence-corrected chi connectivity index (χ2v) is 3.64. The fourth-order valence-corrected chi connectivity index (χ4v) is 1.59. The molecule has 2 nitrogen and oxygen atoms in total. The van der Waals surface area contributed by atoms with Gasteiger partial charge in [-0.2, -0.15) is 26.3 Å². The number of hydrogen-bond donors (Lipinski definition) is 0. The summed E-state index contributed by atoms with van der Waals surface area (Å²) in [5.74, 6) is -3.73. The summed E-state index contributed by atoms with van der Waals surface area (Å²) in [5, 5.41) is 0. The van der Waals surface area contributed by atoms with Gasteiger partial charge in [-0.05, 0) is 17.7 Å². The largest absolute Gasteiger partial charge is 0.496 e. The molecule has 0 N–H and O–H groups in total. The lowest BCUT2D eigenvalue weighted by atomic mass is 9.96. The average Bonchev–Trinajstić information content (AvgIpc) is 2.24. The van der Waals surface area contributed by atoms with Crippen molar-refractivity contribution in [3.63, 3.8) is 0 Å². The number of ether oxygens (including phenoxy) is 1. The third-order valence-corrected chi connectivity index (χ3v) is 2.37. The summed E-state index contributed by atoms with van der Waals surface area (Å²) in [5.41, 5.74) is -1.43. The summed E-state index contributed by atoms with van der Waals surface area (Å²) in [6, 6.07) is 2.05. The van der Waals surface area contributed by atoms with Gasteiger partial charge in [0.25, 0.3) is 0 Å². The molecule has 1 aromatic rings. The highest BCUT2D eigenvalue weighted by Gasteiger charge is 2.57. The van der Waals surface area contributed by atoms with E-state index in [2.05, 4.69) is 4.74 Å². The smallest absolute Gasteiger partial charge is 0.404 e. The number of benzene rings is 1. The first-order chi connectivity index (χ1) is 8.61. The molecule has 0 aliphatic carbocycles. The first-order valence-electron chi connectivity index (χ1n) is 4.87. The van der Waals surface area contributed by atoms with Crippen LogP contribution in [0.2, 0.25) is 0 Å². The van der Waals surface area contributed by atoms with Crippen molar-refractivity contribution in [2.24, 2.45) is 0 Å². The van der Waals surface area contributed by atoms with Crippen molar-refractivity contribution in [2.45, 2.75) is 18.3 Å². The van der Waals surface area contributed by atoms with E-state index in [4.69, 9.17) is 0 Å². The normalized spacial score (nSPS) is 12.6. The lowest BCUT2D eigenvalue weighted by Crippen LogP contribution is -2.34. The lowest BCUT2D eigenvalue weighted by Gasteiger charge is -2.23. The van der Waals surface area contributed by atoms with Crippen molar-refractivity contribution < 1.29 is 35.9 Å². The van der Waals surface area contributed by atoms with Crippen molar-refractivity contribution in [3.8, 4) is 5.75 Å². The number of hydrogen-bond acceptors (Lipinski definition) is 2. The van der Waals surface area contributed by atoms with Crippen molar-refractivity contribution in [1.82, 2.24) is 0 Å². The summed E-state index contributed by atoms with van der Waals surface area (Å²) in [4.78, 5) is 10.6. The van der Waals surface area contributed by atoms with E-state index in [0.717, 1.165) is 13.2 Å². The van der Waals surface area contributed by atoms with Gasteiger partial charge in [-0.15, -0.1) is 0 Å². The standard InChI is InChI=1S/C11H8F6O2/c1-19-8-3-2-6(4-7(8)5-18)9(10(12,13)14)11(15,16)17/h2-5,9H,1H3. The molecule has 0 atom stereocenters. The number of halogens is 6. The van der Waals surface area contributed by atoms with Gasteiger partial charge in [0.1, 0.15) is 5.75 Å². The summed E-state index contributed by atoms with van der Waals surface area (Å²) in [6.07, 6.45) is -10.9. The molecule has 0 bridgehead atoms. The van der Waals surface area contributed by atoms with E-state index < -0.39 is 23.8 Å². The Labute approximate surface area is 104 Å².